The number of ketones is 1. The third kappa shape index (κ3) is 4.42. The Morgan fingerprint density at radius 3 is 2.43 bits per heavy atom. The number of aromatic nitrogens is 5. The molecule has 0 bridgehead atoms. The van der Waals surface area contributed by atoms with Crippen molar-refractivity contribution in [3.8, 4) is 11.6 Å². The van der Waals surface area contributed by atoms with Crippen LogP contribution in [0.5, 0.6) is 0 Å². The van der Waals surface area contributed by atoms with E-state index in [0.29, 0.717) is 28.6 Å². The summed E-state index contributed by atoms with van der Waals surface area (Å²) in [6.45, 7) is 4.21. The van der Waals surface area contributed by atoms with Gasteiger partial charge in [-0.2, -0.15) is 5.10 Å². The highest BCUT2D eigenvalue weighted by Crippen LogP contribution is 2.27. The number of fused-ring (bicyclic) bond motifs is 1. The van der Waals surface area contributed by atoms with Crippen molar-refractivity contribution < 1.29 is 9.21 Å². The molecule has 0 aliphatic rings. The van der Waals surface area contributed by atoms with Gasteiger partial charge in [0.2, 0.25) is 0 Å². The molecular formula is C26H23N5O3S. The second-order valence-corrected chi connectivity index (χ2v) is 9.20. The number of hydrogen-bond acceptors (Lipinski definition) is 7. The molecule has 5 rings (SSSR count). The van der Waals surface area contributed by atoms with Crippen LogP contribution < -0.4 is 5.56 Å². The summed E-state index contributed by atoms with van der Waals surface area (Å²) in [7, 11) is 1.94. The maximum Gasteiger partial charge on any atom is 0.277 e. The van der Waals surface area contributed by atoms with Crippen molar-refractivity contribution >= 4 is 28.3 Å². The summed E-state index contributed by atoms with van der Waals surface area (Å²) in [5.74, 6) is 0.369. The zero-order valence-corrected chi connectivity index (χ0v) is 20.4. The minimum Gasteiger partial charge on any atom is -0.409 e. The Balaban J connectivity index is 1.44. The SMILES string of the molecule is Cc1cc(C(=O)CSc2nnc(-c3nn(Cc4ccccc4)c(=O)c4ccccc34)o2)c(C)n1C. The average molecular weight is 486 g/mol. The van der Waals surface area contributed by atoms with Gasteiger partial charge in [-0.15, -0.1) is 10.2 Å². The van der Waals surface area contributed by atoms with Gasteiger partial charge in [-0.3, -0.25) is 9.59 Å². The molecule has 5 aromatic rings. The van der Waals surface area contributed by atoms with E-state index < -0.39 is 0 Å². The number of Topliss-reactive ketones (excluding diaryl/α,β-unsaturated/α-hetero) is 1. The van der Waals surface area contributed by atoms with Crippen molar-refractivity contribution in [1.29, 1.82) is 0 Å². The van der Waals surface area contributed by atoms with Gasteiger partial charge in [0, 0.05) is 29.4 Å². The summed E-state index contributed by atoms with van der Waals surface area (Å²) in [6.07, 6.45) is 0. The number of aryl methyl sites for hydroxylation is 1. The topological polar surface area (TPSA) is 95.8 Å². The zero-order chi connectivity index (χ0) is 24.5. The second kappa shape index (κ2) is 9.34. The molecule has 0 saturated carbocycles. The van der Waals surface area contributed by atoms with Crippen LogP contribution in [0.2, 0.25) is 0 Å². The van der Waals surface area contributed by atoms with Crippen molar-refractivity contribution in [2.24, 2.45) is 7.05 Å². The summed E-state index contributed by atoms with van der Waals surface area (Å²) in [6, 6.07) is 18.8. The quantitative estimate of drug-likeness (QED) is 0.249. The Morgan fingerprint density at radius 2 is 1.71 bits per heavy atom. The van der Waals surface area contributed by atoms with Gasteiger partial charge in [-0.1, -0.05) is 60.3 Å². The normalized spacial score (nSPS) is 11.3. The van der Waals surface area contributed by atoms with Crippen LogP contribution in [0.1, 0.15) is 27.3 Å². The molecule has 0 atom stereocenters. The Labute approximate surface area is 205 Å². The van der Waals surface area contributed by atoms with E-state index >= 15 is 0 Å². The first-order valence-corrected chi connectivity index (χ1v) is 12.1. The highest BCUT2D eigenvalue weighted by Gasteiger charge is 2.20. The predicted molar refractivity (Wildman–Crippen MR) is 135 cm³/mol. The summed E-state index contributed by atoms with van der Waals surface area (Å²) in [5.41, 5.74) is 3.83. The number of carbonyl (C=O) groups is 1. The van der Waals surface area contributed by atoms with E-state index in [-0.39, 0.29) is 28.2 Å². The molecule has 0 fully saturated rings. The second-order valence-electron chi connectivity index (χ2n) is 8.27. The fourth-order valence-electron chi connectivity index (χ4n) is 3.96. The third-order valence-corrected chi connectivity index (χ3v) is 6.87. The molecule has 9 heteroatoms. The van der Waals surface area contributed by atoms with Gasteiger partial charge in [0.1, 0.15) is 0 Å². The van der Waals surface area contributed by atoms with Crippen molar-refractivity contribution in [3.63, 3.8) is 0 Å². The molecule has 0 N–H and O–H groups in total. The van der Waals surface area contributed by atoms with Gasteiger partial charge in [-0.25, -0.2) is 4.68 Å². The van der Waals surface area contributed by atoms with Crippen LogP contribution in [0.25, 0.3) is 22.4 Å². The first-order valence-electron chi connectivity index (χ1n) is 11.1. The standard InChI is InChI=1S/C26H23N5O3S/c1-16-13-21(17(2)30(16)3)22(32)15-35-26-28-27-24(34-26)23-19-11-7-8-12-20(19)25(33)31(29-23)14-18-9-5-4-6-10-18/h4-13H,14-15H2,1-3H3. The molecule has 3 aromatic heterocycles. The Bertz CT molecular complexity index is 1600. The van der Waals surface area contributed by atoms with Crippen molar-refractivity contribution in [2.45, 2.75) is 25.6 Å². The van der Waals surface area contributed by atoms with Gasteiger partial charge in [0.15, 0.2) is 11.5 Å². The molecule has 35 heavy (non-hydrogen) atoms. The summed E-state index contributed by atoms with van der Waals surface area (Å²) < 4.78 is 9.27. The van der Waals surface area contributed by atoms with Crippen molar-refractivity contribution in [1.82, 2.24) is 24.5 Å². The maximum atomic E-state index is 13.1. The van der Waals surface area contributed by atoms with Gasteiger partial charge in [0.05, 0.1) is 17.7 Å². The molecule has 0 spiro atoms. The van der Waals surface area contributed by atoms with Crippen LogP contribution >= 0.6 is 11.8 Å². The highest BCUT2D eigenvalue weighted by atomic mass is 32.2. The van der Waals surface area contributed by atoms with Crippen LogP contribution in [-0.2, 0) is 13.6 Å². The average Bonchev–Trinajstić information content (AvgIpc) is 3.45. The minimum absolute atomic E-state index is 0.00376. The molecular weight excluding hydrogens is 462 g/mol. The van der Waals surface area contributed by atoms with Crippen LogP contribution in [0.4, 0.5) is 0 Å². The molecule has 3 heterocycles. The number of hydrogen-bond donors (Lipinski definition) is 0. The molecule has 2 aromatic carbocycles. The third-order valence-electron chi connectivity index (χ3n) is 6.05. The van der Waals surface area contributed by atoms with E-state index in [1.165, 1.54) is 16.4 Å². The number of benzene rings is 2. The number of thioether (sulfide) groups is 1. The molecule has 0 amide bonds. The van der Waals surface area contributed by atoms with Crippen LogP contribution in [0.15, 0.2) is 75.1 Å². The first kappa shape index (κ1) is 22.8. The maximum absolute atomic E-state index is 13.1. The zero-order valence-electron chi connectivity index (χ0n) is 19.6. The summed E-state index contributed by atoms with van der Waals surface area (Å²) >= 11 is 1.18. The highest BCUT2D eigenvalue weighted by molar-refractivity contribution is 7.99. The van der Waals surface area contributed by atoms with E-state index in [4.69, 9.17) is 4.42 Å². The molecule has 176 valence electrons. The van der Waals surface area contributed by atoms with E-state index in [1.54, 1.807) is 6.07 Å². The van der Waals surface area contributed by atoms with E-state index in [2.05, 4.69) is 15.3 Å². The van der Waals surface area contributed by atoms with E-state index in [0.717, 1.165) is 17.0 Å². The molecule has 0 aliphatic heterocycles. The Morgan fingerprint density at radius 1 is 1.00 bits per heavy atom. The van der Waals surface area contributed by atoms with Crippen molar-refractivity contribution in [3.05, 3.63) is 93.5 Å². The fourth-order valence-corrected chi connectivity index (χ4v) is 4.61. The van der Waals surface area contributed by atoms with Crippen LogP contribution in [0, 0.1) is 13.8 Å². The Hall–Kier alpha value is -3.98. The van der Waals surface area contributed by atoms with Crippen LogP contribution in [-0.4, -0.2) is 36.1 Å². The lowest BCUT2D eigenvalue weighted by Gasteiger charge is -2.09. The minimum atomic E-state index is -0.193. The molecule has 8 nitrogen and oxygen atoms in total. The molecule has 0 saturated heterocycles. The number of rotatable bonds is 7. The number of nitrogens with zero attached hydrogens (tertiary/aromatic N) is 5. The lowest BCUT2D eigenvalue weighted by Crippen LogP contribution is -2.24. The largest absolute Gasteiger partial charge is 0.409 e. The predicted octanol–water partition coefficient (Wildman–Crippen LogP) is 4.43. The Kier molecular flexibility index (Phi) is 6.08. The van der Waals surface area contributed by atoms with Gasteiger partial charge in [0.25, 0.3) is 16.7 Å². The first-order chi connectivity index (χ1) is 16.9. The van der Waals surface area contributed by atoms with Gasteiger partial charge < -0.3 is 8.98 Å². The van der Waals surface area contributed by atoms with Crippen molar-refractivity contribution in [2.75, 3.05) is 5.75 Å². The summed E-state index contributed by atoms with van der Waals surface area (Å²) in [4.78, 5) is 25.8. The smallest absolute Gasteiger partial charge is 0.277 e. The monoisotopic (exact) mass is 485 g/mol. The molecule has 0 unspecified atom stereocenters. The fraction of sp³-hybridized carbons (Fsp3) is 0.192. The van der Waals surface area contributed by atoms with E-state index in [9.17, 15) is 9.59 Å². The lowest BCUT2D eigenvalue weighted by atomic mass is 10.1. The summed E-state index contributed by atoms with van der Waals surface area (Å²) in [5, 5.41) is 14.3. The molecule has 0 aliphatic carbocycles. The van der Waals surface area contributed by atoms with E-state index in [1.807, 2.05) is 80.1 Å². The van der Waals surface area contributed by atoms with Crippen LogP contribution in [0.3, 0.4) is 0 Å². The van der Waals surface area contributed by atoms with Gasteiger partial charge >= 0.3 is 0 Å². The molecule has 0 radical (unpaired) electrons. The van der Waals surface area contributed by atoms with Gasteiger partial charge in [-0.05, 0) is 31.5 Å². The number of carbonyl (C=O) groups excluding carboxylic acids is 1. The lowest BCUT2D eigenvalue weighted by molar-refractivity contribution is 0.102.